The maximum atomic E-state index is 12.8. The summed E-state index contributed by atoms with van der Waals surface area (Å²) in [4.78, 5) is 31.0. The van der Waals surface area contributed by atoms with Crippen molar-refractivity contribution in [1.82, 2.24) is 25.2 Å². The molecule has 0 saturated heterocycles. The molecule has 1 atom stereocenters. The number of carbonyl (C=O) groups excluding carboxylic acids is 1. The normalized spacial score (nSPS) is 14.2. The number of aryl methyl sites for hydroxylation is 1. The van der Waals surface area contributed by atoms with Gasteiger partial charge in [-0.25, -0.2) is 9.97 Å². The van der Waals surface area contributed by atoms with Crippen LogP contribution in [0.25, 0.3) is 11.5 Å². The zero-order valence-electron chi connectivity index (χ0n) is 20.4. The van der Waals surface area contributed by atoms with E-state index in [0.29, 0.717) is 18.1 Å². The lowest BCUT2D eigenvalue weighted by molar-refractivity contribution is -0.123. The molecule has 8 heteroatoms. The standard InChI is InChI=1S/C24H36N6O2/c1-16(23(31)28-24(2,3)4)30(7)22-18-9-8-10-19(18)26-21(27-22)20-15-17(11-12-25-20)32-14-13-29(5)6/h11-12,15-16H,8-10,13-14H2,1-7H3,(H,28,31)/t16-/m1/s1. The Kier molecular flexibility index (Phi) is 7.33. The number of nitrogens with one attached hydrogen (secondary N) is 1. The van der Waals surface area contributed by atoms with Crippen LogP contribution in [0, 0.1) is 0 Å². The van der Waals surface area contributed by atoms with Crippen LogP contribution in [-0.4, -0.2) is 71.6 Å². The van der Waals surface area contributed by atoms with Gasteiger partial charge in [0.05, 0.1) is 0 Å². The number of amides is 1. The van der Waals surface area contributed by atoms with Crippen molar-refractivity contribution in [1.29, 1.82) is 0 Å². The molecule has 0 bridgehead atoms. The first kappa shape index (κ1) is 23.9. The van der Waals surface area contributed by atoms with Crippen molar-refractivity contribution in [2.75, 3.05) is 39.2 Å². The maximum Gasteiger partial charge on any atom is 0.242 e. The van der Waals surface area contributed by atoms with E-state index < -0.39 is 0 Å². The molecule has 0 fully saturated rings. The van der Waals surface area contributed by atoms with Gasteiger partial charge in [0.25, 0.3) is 0 Å². The van der Waals surface area contributed by atoms with E-state index in [2.05, 4.69) is 15.2 Å². The lowest BCUT2D eigenvalue weighted by atomic mass is 10.1. The Balaban J connectivity index is 1.89. The number of carbonyl (C=O) groups is 1. The number of likely N-dealkylation sites (N-methyl/N-ethyl adjacent to an activating group) is 2. The molecule has 3 rings (SSSR count). The summed E-state index contributed by atoms with van der Waals surface area (Å²) in [5.74, 6) is 2.09. The first-order valence-corrected chi connectivity index (χ1v) is 11.2. The van der Waals surface area contributed by atoms with Crippen molar-refractivity contribution < 1.29 is 9.53 Å². The van der Waals surface area contributed by atoms with Crippen LogP contribution < -0.4 is 15.0 Å². The molecule has 0 spiro atoms. The van der Waals surface area contributed by atoms with Gasteiger partial charge in [-0.1, -0.05) is 0 Å². The van der Waals surface area contributed by atoms with E-state index in [1.807, 2.05) is 65.9 Å². The highest BCUT2D eigenvalue weighted by Crippen LogP contribution is 2.32. The number of hydrogen-bond donors (Lipinski definition) is 1. The Labute approximate surface area is 191 Å². The Morgan fingerprint density at radius 1 is 1.22 bits per heavy atom. The first-order valence-electron chi connectivity index (χ1n) is 11.2. The summed E-state index contributed by atoms with van der Waals surface area (Å²) in [6.45, 7) is 9.28. The fourth-order valence-electron chi connectivity index (χ4n) is 3.62. The van der Waals surface area contributed by atoms with Crippen molar-refractivity contribution in [3.63, 3.8) is 0 Å². The van der Waals surface area contributed by atoms with Crippen molar-refractivity contribution in [2.45, 2.75) is 58.5 Å². The highest BCUT2D eigenvalue weighted by molar-refractivity contribution is 5.85. The third kappa shape index (κ3) is 5.94. The molecule has 2 aromatic rings. The molecule has 0 aliphatic heterocycles. The Bertz CT molecular complexity index is 954. The predicted octanol–water partition coefficient (Wildman–Crippen LogP) is 2.71. The van der Waals surface area contributed by atoms with Crippen LogP contribution in [0.2, 0.25) is 0 Å². The molecular weight excluding hydrogens is 404 g/mol. The van der Waals surface area contributed by atoms with Crippen molar-refractivity contribution in [2.24, 2.45) is 0 Å². The Hall–Kier alpha value is -2.74. The smallest absolute Gasteiger partial charge is 0.242 e. The summed E-state index contributed by atoms with van der Waals surface area (Å²) >= 11 is 0. The predicted molar refractivity (Wildman–Crippen MR) is 127 cm³/mol. The molecule has 32 heavy (non-hydrogen) atoms. The first-order chi connectivity index (χ1) is 15.0. The molecule has 0 radical (unpaired) electrons. The van der Waals surface area contributed by atoms with Gasteiger partial charge in [-0.05, 0) is 67.1 Å². The quantitative estimate of drug-likeness (QED) is 0.676. The zero-order chi connectivity index (χ0) is 23.5. The van der Waals surface area contributed by atoms with Crippen molar-refractivity contribution in [3.05, 3.63) is 29.6 Å². The van der Waals surface area contributed by atoms with Crippen LogP contribution in [0.15, 0.2) is 18.3 Å². The molecule has 2 aromatic heterocycles. The van der Waals surface area contributed by atoms with E-state index in [9.17, 15) is 4.79 Å². The topological polar surface area (TPSA) is 83.5 Å². The number of aromatic nitrogens is 3. The molecule has 2 heterocycles. The second-order valence-corrected chi connectivity index (χ2v) is 9.70. The largest absolute Gasteiger partial charge is 0.492 e. The van der Waals surface area contributed by atoms with E-state index in [1.165, 1.54) is 0 Å². The van der Waals surface area contributed by atoms with Gasteiger partial charge >= 0.3 is 0 Å². The summed E-state index contributed by atoms with van der Waals surface area (Å²) in [6, 6.07) is 3.36. The van der Waals surface area contributed by atoms with E-state index in [1.54, 1.807) is 6.20 Å². The molecule has 0 unspecified atom stereocenters. The number of anilines is 1. The molecule has 0 saturated carbocycles. The van der Waals surface area contributed by atoms with Gasteiger partial charge in [0.15, 0.2) is 5.82 Å². The maximum absolute atomic E-state index is 12.8. The van der Waals surface area contributed by atoms with Gasteiger partial charge in [-0.2, -0.15) is 0 Å². The fourth-order valence-corrected chi connectivity index (χ4v) is 3.62. The van der Waals surface area contributed by atoms with Gasteiger partial charge in [0, 0.05) is 42.7 Å². The third-order valence-corrected chi connectivity index (χ3v) is 5.47. The minimum Gasteiger partial charge on any atom is -0.492 e. The van der Waals surface area contributed by atoms with E-state index in [4.69, 9.17) is 14.7 Å². The van der Waals surface area contributed by atoms with Crippen LogP contribution in [0.3, 0.4) is 0 Å². The van der Waals surface area contributed by atoms with Gasteiger partial charge in [0.2, 0.25) is 5.91 Å². The molecule has 1 aliphatic rings. The highest BCUT2D eigenvalue weighted by atomic mass is 16.5. The average Bonchev–Trinajstić information content (AvgIpc) is 3.19. The Morgan fingerprint density at radius 3 is 2.66 bits per heavy atom. The summed E-state index contributed by atoms with van der Waals surface area (Å²) in [5, 5.41) is 3.06. The van der Waals surface area contributed by atoms with Crippen LogP contribution in [-0.2, 0) is 17.6 Å². The highest BCUT2D eigenvalue weighted by Gasteiger charge is 2.28. The lowest BCUT2D eigenvalue weighted by Gasteiger charge is -2.30. The number of rotatable bonds is 8. The van der Waals surface area contributed by atoms with Crippen LogP contribution in [0.5, 0.6) is 5.75 Å². The Morgan fingerprint density at radius 2 is 1.97 bits per heavy atom. The minimum absolute atomic E-state index is 0.0266. The molecule has 1 amide bonds. The third-order valence-electron chi connectivity index (χ3n) is 5.47. The summed E-state index contributed by atoms with van der Waals surface area (Å²) in [5.41, 5.74) is 2.55. The summed E-state index contributed by atoms with van der Waals surface area (Å²) in [7, 11) is 5.95. The molecule has 8 nitrogen and oxygen atoms in total. The number of hydrogen-bond acceptors (Lipinski definition) is 7. The van der Waals surface area contributed by atoms with Gasteiger partial charge in [-0.15, -0.1) is 0 Å². The van der Waals surface area contributed by atoms with Crippen LogP contribution in [0.4, 0.5) is 5.82 Å². The average molecular weight is 441 g/mol. The minimum atomic E-state index is -0.365. The van der Waals surface area contributed by atoms with Crippen molar-refractivity contribution in [3.8, 4) is 17.3 Å². The number of nitrogens with zero attached hydrogens (tertiary/aromatic N) is 5. The molecule has 174 valence electrons. The van der Waals surface area contributed by atoms with E-state index in [0.717, 1.165) is 48.6 Å². The fraction of sp³-hybridized carbons (Fsp3) is 0.583. The lowest BCUT2D eigenvalue weighted by Crippen LogP contribution is -2.50. The second kappa shape index (κ2) is 9.81. The van der Waals surface area contributed by atoms with E-state index >= 15 is 0 Å². The number of pyridine rings is 1. The van der Waals surface area contributed by atoms with Crippen LogP contribution in [0.1, 0.15) is 45.4 Å². The van der Waals surface area contributed by atoms with E-state index in [-0.39, 0.29) is 17.5 Å². The molecule has 1 N–H and O–H groups in total. The number of fused-ring (bicyclic) bond motifs is 1. The zero-order valence-corrected chi connectivity index (χ0v) is 20.4. The van der Waals surface area contributed by atoms with Gasteiger partial charge in [-0.3, -0.25) is 9.78 Å². The summed E-state index contributed by atoms with van der Waals surface area (Å²) < 4.78 is 5.86. The summed E-state index contributed by atoms with van der Waals surface area (Å²) in [6.07, 6.45) is 4.59. The second-order valence-electron chi connectivity index (χ2n) is 9.70. The molecular formula is C24H36N6O2. The SMILES string of the molecule is C[C@H](C(=O)NC(C)(C)C)N(C)c1nc(-c2cc(OCCN(C)C)ccn2)nc2c1CCC2. The molecule has 1 aliphatic carbocycles. The van der Waals surface area contributed by atoms with Gasteiger partial charge < -0.3 is 19.9 Å². The monoisotopic (exact) mass is 440 g/mol. The van der Waals surface area contributed by atoms with Gasteiger partial charge in [0.1, 0.15) is 29.9 Å². The van der Waals surface area contributed by atoms with Crippen LogP contribution >= 0.6 is 0 Å². The number of ether oxygens (including phenoxy) is 1. The van der Waals surface area contributed by atoms with Crippen molar-refractivity contribution >= 4 is 11.7 Å². The molecule has 0 aromatic carbocycles.